The van der Waals surface area contributed by atoms with Gasteiger partial charge < -0.3 is 4.74 Å². The molecule has 1 aliphatic heterocycles. The van der Waals surface area contributed by atoms with Crippen LogP contribution in [0, 0.1) is 5.82 Å². The number of morpholine rings is 1. The first-order valence-electron chi connectivity index (χ1n) is 9.54. The average Bonchev–Trinajstić information content (AvgIpc) is 3.17. The van der Waals surface area contributed by atoms with E-state index < -0.39 is 0 Å². The summed E-state index contributed by atoms with van der Waals surface area (Å²) >= 11 is 7.29. The van der Waals surface area contributed by atoms with Crippen LogP contribution in [-0.2, 0) is 4.74 Å². The van der Waals surface area contributed by atoms with Crippen LogP contribution in [0.2, 0.25) is 5.02 Å². The van der Waals surface area contributed by atoms with Gasteiger partial charge in [-0.3, -0.25) is 14.6 Å². The Bertz CT molecular complexity index is 994. The molecule has 0 spiro atoms. The molecule has 1 saturated heterocycles. The van der Waals surface area contributed by atoms with Crippen LogP contribution in [0.3, 0.4) is 0 Å². The molecule has 1 aliphatic rings. The number of halogens is 3. The molecule has 4 rings (SSSR count). The van der Waals surface area contributed by atoms with Crippen molar-refractivity contribution in [2.24, 2.45) is 0 Å². The van der Waals surface area contributed by atoms with Crippen molar-refractivity contribution < 1.29 is 13.9 Å². The normalized spacial score (nSPS) is 14.5. The Hall–Kier alpha value is -1.77. The molecule has 0 radical (unpaired) electrons. The van der Waals surface area contributed by atoms with Crippen molar-refractivity contribution in [1.29, 1.82) is 0 Å². The lowest BCUT2D eigenvalue weighted by molar-refractivity contribution is 0.0376. The second-order valence-electron chi connectivity index (χ2n) is 6.85. The van der Waals surface area contributed by atoms with Gasteiger partial charge in [0.25, 0.3) is 5.91 Å². The fraction of sp³-hybridized carbons (Fsp3) is 0.333. The highest BCUT2D eigenvalue weighted by Gasteiger charge is 2.22. The fourth-order valence-corrected chi connectivity index (χ4v) is 4.46. The van der Waals surface area contributed by atoms with E-state index >= 15 is 0 Å². The third-order valence-corrected chi connectivity index (χ3v) is 6.18. The van der Waals surface area contributed by atoms with Gasteiger partial charge in [-0.1, -0.05) is 29.0 Å². The predicted molar refractivity (Wildman–Crippen MR) is 122 cm³/mol. The largest absolute Gasteiger partial charge is 0.379 e. The number of carbonyl (C=O) groups excluding carboxylic acids is 1. The smallest absolute Gasteiger partial charge is 0.260 e. The molecule has 0 N–H and O–H groups in total. The van der Waals surface area contributed by atoms with Gasteiger partial charge >= 0.3 is 0 Å². The summed E-state index contributed by atoms with van der Waals surface area (Å²) in [5, 5.41) is 1.08. The van der Waals surface area contributed by atoms with Gasteiger partial charge in [-0.25, -0.2) is 9.37 Å². The number of carbonyl (C=O) groups is 1. The van der Waals surface area contributed by atoms with E-state index in [4.69, 9.17) is 16.3 Å². The van der Waals surface area contributed by atoms with E-state index in [9.17, 15) is 9.18 Å². The van der Waals surface area contributed by atoms with Crippen LogP contribution in [0.15, 0.2) is 42.5 Å². The summed E-state index contributed by atoms with van der Waals surface area (Å²) in [6.07, 6.45) is 0.789. The highest BCUT2D eigenvalue weighted by atomic mass is 35.5. The molecular formula is C21H22Cl2FN3O2S. The summed E-state index contributed by atoms with van der Waals surface area (Å²) in [7, 11) is 0. The van der Waals surface area contributed by atoms with Gasteiger partial charge in [0.2, 0.25) is 0 Å². The molecule has 5 nitrogen and oxygen atoms in total. The second kappa shape index (κ2) is 10.5. The van der Waals surface area contributed by atoms with Gasteiger partial charge in [-0.2, -0.15) is 0 Å². The van der Waals surface area contributed by atoms with Crippen LogP contribution in [0.4, 0.5) is 9.52 Å². The number of thiazole rings is 1. The number of nitrogens with zero attached hydrogens (tertiary/aromatic N) is 3. The Morgan fingerprint density at radius 1 is 1.20 bits per heavy atom. The van der Waals surface area contributed by atoms with E-state index in [-0.39, 0.29) is 24.1 Å². The maximum atomic E-state index is 14.1. The van der Waals surface area contributed by atoms with Crippen molar-refractivity contribution in [2.45, 2.75) is 6.42 Å². The highest BCUT2D eigenvalue weighted by molar-refractivity contribution is 7.22. The molecular weight excluding hydrogens is 448 g/mol. The molecule has 3 aromatic rings. The van der Waals surface area contributed by atoms with Crippen molar-refractivity contribution in [3.8, 4) is 0 Å². The zero-order valence-electron chi connectivity index (χ0n) is 16.2. The van der Waals surface area contributed by atoms with Gasteiger partial charge in [-0.15, -0.1) is 12.4 Å². The van der Waals surface area contributed by atoms with Crippen molar-refractivity contribution in [2.75, 3.05) is 44.3 Å². The molecule has 2 aromatic carbocycles. The summed E-state index contributed by atoms with van der Waals surface area (Å²) < 4.78 is 20.2. The second-order valence-corrected chi connectivity index (χ2v) is 8.30. The minimum absolute atomic E-state index is 0. The summed E-state index contributed by atoms with van der Waals surface area (Å²) in [6, 6.07) is 11.6. The molecule has 30 heavy (non-hydrogen) atoms. The van der Waals surface area contributed by atoms with E-state index in [2.05, 4.69) is 9.88 Å². The van der Waals surface area contributed by atoms with Crippen molar-refractivity contribution >= 4 is 56.6 Å². The molecule has 1 fully saturated rings. The maximum Gasteiger partial charge on any atom is 0.260 e. The van der Waals surface area contributed by atoms with Crippen molar-refractivity contribution in [3.63, 3.8) is 0 Å². The van der Waals surface area contributed by atoms with Crippen LogP contribution < -0.4 is 4.90 Å². The zero-order chi connectivity index (χ0) is 20.2. The van der Waals surface area contributed by atoms with Gasteiger partial charge in [0, 0.05) is 36.8 Å². The Labute approximate surface area is 189 Å². The van der Waals surface area contributed by atoms with E-state index in [0.29, 0.717) is 27.8 Å². The molecule has 1 aromatic heterocycles. The molecule has 0 unspecified atom stereocenters. The van der Waals surface area contributed by atoms with Gasteiger partial charge in [0.15, 0.2) is 5.13 Å². The Morgan fingerprint density at radius 2 is 1.93 bits per heavy atom. The summed E-state index contributed by atoms with van der Waals surface area (Å²) in [6.45, 7) is 4.65. The van der Waals surface area contributed by atoms with Crippen LogP contribution in [-0.4, -0.2) is 55.2 Å². The van der Waals surface area contributed by atoms with Crippen molar-refractivity contribution in [1.82, 2.24) is 9.88 Å². The average molecular weight is 470 g/mol. The van der Waals surface area contributed by atoms with Gasteiger partial charge in [-0.05, 0) is 42.8 Å². The first-order chi connectivity index (χ1) is 14.1. The van der Waals surface area contributed by atoms with E-state index in [1.165, 1.54) is 17.4 Å². The lowest BCUT2D eigenvalue weighted by Gasteiger charge is -2.27. The monoisotopic (exact) mass is 469 g/mol. The first-order valence-corrected chi connectivity index (χ1v) is 10.7. The lowest BCUT2D eigenvalue weighted by Crippen LogP contribution is -2.39. The van der Waals surface area contributed by atoms with Crippen LogP contribution in [0.25, 0.3) is 10.2 Å². The van der Waals surface area contributed by atoms with E-state index in [0.717, 1.165) is 44.0 Å². The van der Waals surface area contributed by atoms with Gasteiger partial charge in [0.1, 0.15) is 11.3 Å². The van der Waals surface area contributed by atoms with E-state index in [1.54, 1.807) is 35.2 Å². The third kappa shape index (κ3) is 5.28. The molecule has 9 heteroatoms. The summed E-state index contributed by atoms with van der Waals surface area (Å²) in [4.78, 5) is 21.6. The topological polar surface area (TPSA) is 45.7 Å². The molecule has 0 atom stereocenters. The fourth-order valence-electron chi connectivity index (χ4n) is 3.33. The number of hydrogen-bond donors (Lipinski definition) is 0. The number of ether oxygens (including phenoxy) is 1. The molecule has 1 amide bonds. The Balaban J connectivity index is 0.00000256. The summed E-state index contributed by atoms with van der Waals surface area (Å²) in [5.41, 5.74) is 0.829. The molecule has 160 valence electrons. The number of amides is 1. The van der Waals surface area contributed by atoms with Crippen LogP contribution >= 0.6 is 35.3 Å². The number of fused-ring (bicyclic) bond motifs is 1. The summed E-state index contributed by atoms with van der Waals surface area (Å²) in [5.74, 6) is -0.541. The van der Waals surface area contributed by atoms with E-state index in [1.807, 2.05) is 6.07 Å². The van der Waals surface area contributed by atoms with Crippen molar-refractivity contribution in [3.05, 3.63) is 58.9 Å². The molecule has 2 heterocycles. The minimum atomic E-state index is -0.378. The number of aromatic nitrogens is 1. The number of para-hydroxylation sites is 1. The maximum absolute atomic E-state index is 14.1. The SMILES string of the molecule is Cl.O=C(c1ccc(Cl)cc1)N(CCCN1CCOCC1)c1nc2c(F)cccc2s1. The Morgan fingerprint density at radius 3 is 2.63 bits per heavy atom. The Kier molecular flexibility index (Phi) is 8.02. The third-order valence-electron chi connectivity index (χ3n) is 4.89. The minimum Gasteiger partial charge on any atom is -0.379 e. The number of anilines is 1. The van der Waals surface area contributed by atoms with Crippen LogP contribution in [0.1, 0.15) is 16.8 Å². The molecule has 0 saturated carbocycles. The highest BCUT2D eigenvalue weighted by Crippen LogP contribution is 2.31. The predicted octanol–water partition coefficient (Wildman–Crippen LogP) is 4.88. The first kappa shape index (κ1) is 22.9. The number of rotatable bonds is 6. The molecule has 0 bridgehead atoms. The number of benzene rings is 2. The number of hydrogen-bond acceptors (Lipinski definition) is 5. The van der Waals surface area contributed by atoms with Crippen LogP contribution in [0.5, 0.6) is 0 Å². The van der Waals surface area contributed by atoms with Gasteiger partial charge in [0.05, 0.1) is 17.9 Å². The lowest BCUT2D eigenvalue weighted by atomic mass is 10.2. The molecule has 0 aliphatic carbocycles. The quantitative estimate of drug-likeness (QED) is 0.515. The standard InChI is InChI=1S/C21H21ClFN3O2S.ClH/c22-16-7-5-15(6-8-16)20(27)26(10-2-9-25-11-13-28-14-12-25)21-24-19-17(23)3-1-4-18(19)29-21;/h1,3-8H,2,9-14H2;1H. The zero-order valence-corrected chi connectivity index (χ0v) is 18.6.